The number of hydrogen-bond donors (Lipinski definition) is 0. The number of carbonyl (C=O) groups excluding carboxylic acids is 1. The van der Waals surface area contributed by atoms with E-state index in [1.54, 1.807) is 0 Å². The Hall–Kier alpha value is -0.860. The van der Waals surface area contributed by atoms with Crippen LogP contribution in [0.2, 0.25) is 0 Å². The average Bonchev–Trinajstić information content (AvgIpc) is 2.87. The van der Waals surface area contributed by atoms with Gasteiger partial charge in [-0.25, -0.2) is 0 Å². The molecular formula is C13H21N2O+. The third-order valence-corrected chi connectivity index (χ3v) is 4.58. The van der Waals surface area contributed by atoms with Crippen molar-refractivity contribution in [3.8, 4) is 0 Å². The maximum atomic E-state index is 12.2. The number of hydrogen-bond acceptors (Lipinski definition) is 1. The summed E-state index contributed by atoms with van der Waals surface area (Å²) in [7, 11) is 1.93. The monoisotopic (exact) mass is 221 g/mol. The van der Waals surface area contributed by atoms with Gasteiger partial charge in [-0.2, -0.15) is 0 Å². The topological polar surface area (TPSA) is 23.3 Å². The van der Waals surface area contributed by atoms with Gasteiger partial charge in [0.1, 0.15) is 5.92 Å². The van der Waals surface area contributed by atoms with Crippen LogP contribution in [0.5, 0.6) is 0 Å². The lowest BCUT2D eigenvalue weighted by Crippen LogP contribution is -2.36. The summed E-state index contributed by atoms with van der Waals surface area (Å²) in [5.41, 5.74) is 0. The van der Waals surface area contributed by atoms with Gasteiger partial charge >= 0.3 is 0 Å². The lowest BCUT2D eigenvalue weighted by molar-refractivity contribution is -0.682. The van der Waals surface area contributed by atoms with Crippen molar-refractivity contribution in [2.75, 3.05) is 7.05 Å². The molecule has 0 aromatic heterocycles. The van der Waals surface area contributed by atoms with Gasteiger partial charge in [0.25, 0.3) is 5.91 Å². The Morgan fingerprint density at radius 1 is 1.38 bits per heavy atom. The van der Waals surface area contributed by atoms with Crippen LogP contribution in [0, 0.1) is 23.7 Å². The number of hydrazine groups is 1. The van der Waals surface area contributed by atoms with Crippen LogP contribution in [0.15, 0.2) is 0 Å². The molecule has 16 heavy (non-hydrogen) atoms. The van der Waals surface area contributed by atoms with Crippen LogP contribution >= 0.6 is 0 Å². The zero-order valence-corrected chi connectivity index (χ0v) is 10.4. The van der Waals surface area contributed by atoms with Gasteiger partial charge in [-0.3, -0.25) is 4.79 Å². The van der Waals surface area contributed by atoms with Crippen molar-refractivity contribution in [2.45, 2.75) is 39.2 Å². The van der Waals surface area contributed by atoms with E-state index in [9.17, 15) is 4.79 Å². The van der Waals surface area contributed by atoms with E-state index in [0.717, 1.165) is 5.92 Å². The number of carbonyl (C=O) groups is 1. The van der Waals surface area contributed by atoms with E-state index in [2.05, 4.69) is 24.7 Å². The molecule has 2 bridgehead atoms. The van der Waals surface area contributed by atoms with Crippen LogP contribution in [0.1, 0.15) is 33.1 Å². The Labute approximate surface area is 97.1 Å². The highest BCUT2D eigenvalue weighted by atomic mass is 16.2. The van der Waals surface area contributed by atoms with Gasteiger partial charge in [0.2, 0.25) is 0 Å². The molecule has 3 heteroatoms. The molecular weight excluding hydrogens is 200 g/mol. The first-order chi connectivity index (χ1) is 7.59. The zero-order valence-electron chi connectivity index (χ0n) is 10.4. The molecule has 3 rings (SSSR count). The second-order valence-electron chi connectivity index (χ2n) is 5.98. The van der Waals surface area contributed by atoms with Crippen molar-refractivity contribution in [2.24, 2.45) is 23.7 Å². The maximum absolute atomic E-state index is 12.2. The highest BCUT2D eigenvalue weighted by Gasteiger charge is 2.63. The van der Waals surface area contributed by atoms with Gasteiger partial charge in [0.15, 0.2) is 12.3 Å². The Morgan fingerprint density at radius 3 is 2.75 bits per heavy atom. The molecule has 3 nitrogen and oxygen atoms in total. The fourth-order valence-corrected chi connectivity index (χ4v) is 4.02. The van der Waals surface area contributed by atoms with Crippen molar-refractivity contribution in [3.05, 3.63) is 0 Å². The average molecular weight is 221 g/mol. The molecule has 2 saturated carbocycles. The molecule has 1 aliphatic heterocycles. The largest absolute Gasteiger partial charge is 0.287 e. The summed E-state index contributed by atoms with van der Waals surface area (Å²) in [6.07, 6.45) is 6.12. The Balaban J connectivity index is 1.99. The minimum Gasteiger partial charge on any atom is -0.268 e. The predicted octanol–water partition coefficient (Wildman–Crippen LogP) is 1.53. The maximum Gasteiger partial charge on any atom is 0.287 e. The first-order valence-corrected chi connectivity index (χ1v) is 6.50. The molecule has 3 aliphatic rings. The van der Waals surface area contributed by atoms with Crippen LogP contribution in [0.25, 0.3) is 0 Å². The molecule has 0 N–H and O–H groups in total. The molecule has 1 saturated heterocycles. The Bertz CT molecular complexity index is 361. The third kappa shape index (κ3) is 1.20. The predicted molar refractivity (Wildman–Crippen MR) is 62.0 cm³/mol. The van der Waals surface area contributed by atoms with Crippen molar-refractivity contribution in [1.82, 2.24) is 5.01 Å². The molecule has 0 aromatic rings. The fourth-order valence-electron chi connectivity index (χ4n) is 4.02. The molecule has 4 atom stereocenters. The number of nitrogens with zero attached hydrogens (tertiary/aromatic N) is 2. The van der Waals surface area contributed by atoms with E-state index in [4.69, 9.17) is 0 Å². The van der Waals surface area contributed by atoms with Crippen LogP contribution < -0.4 is 0 Å². The van der Waals surface area contributed by atoms with E-state index in [-0.39, 0.29) is 0 Å². The van der Waals surface area contributed by atoms with Crippen LogP contribution in [0.3, 0.4) is 0 Å². The van der Waals surface area contributed by atoms with Gasteiger partial charge in [-0.1, -0.05) is 13.8 Å². The number of hydrazone groups is 1. The molecule has 0 radical (unpaired) electrons. The van der Waals surface area contributed by atoms with Crippen molar-refractivity contribution < 1.29 is 9.48 Å². The lowest BCUT2D eigenvalue weighted by Gasteiger charge is -2.17. The Kier molecular flexibility index (Phi) is 2.13. The van der Waals surface area contributed by atoms with Gasteiger partial charge in [-0.15, -0.1) is 9.69 Å². The minimum atomic E-state index is 0.304. The number of amides is 1. The molecule has 1 amide bonds. The molecule has 0 unspecified atom stereocenters. The quantitative estimate of drug-likeness (QED) is 0.616. The van der Waals surface area contributed by atoms with Gasteiger partial charge in [0.05, 0.1) is 7.05 Å². The normalized spacial score (nSPS) is 43.9. The summed E-state index contributed by atoms with van der Waals surface area (Å²) in [4.78, 5) is 12.2. The number of fused-ring (bicyclic) bond motifs is 5. The summed E-state index contributed by atoms with van der Waals surface area (Å²) >= 11 is 0. The van der Waals surface area contributed by atoms with Crippen molar-refractivity contribution >= 4 is 12.1 Å². The minimum absolute atomic E-state index is 0.304. The second-order valence-corrected chi connectivity index (χ2v) is 5.98. The Morgan fingerprint density at radius 2 is 2.06 bits per heavy atom. The van der Waals surface area contributed by atoms with E-state index in [1.807, 2.05) is 12.1 Å². The first-order valence-electron chi connectivity index (χ1n) is 6.50. The first kappa shape index (κ1) is 10.3. The number of rotatable bonds is 1. The van der Waals surface area contributed by atoms with Gasteiger partial charge in [0, 0.05) is 11.8 Å². The smallest absolute Gasteiger partial charge is 0.268 e. The summed E-state index contributed by atoms with van der Waals surface area (Å²) in [6.45, 7) is 4.36. The summed E-state index contributed by atoms with van der Waals surface area (Å²) in [5, 5.41) is 1.86. The molecule has 3 fully saturated rings. The summed E-state index contributed by atoms with van der Waals surface area (Å²) < 4.78 is 2.24. The fraction of sp³-hybridized carbons (Fsp3) is 0.846. The van der Waals surface area contributed by atoms with E-state index in [1.165, 1.54) is 19.3 Å². The summed E-state index contributed by atoms with van der Waals surface area (Å²) in [5.74, 6) is 2.61. The molecule has 2 aliphatic carbocycles. The van der Waals surface area contributed by atoms with E-state index in [0.29, 0.717) is 29.7 Å². The van der Waals surface area contributed by atoms with Crippen LogP contribution in [0.4, 0.5) is 0 Å². The second kappa shape index (κ2) is 3.31. The van der Waals surface area contributed by atoms with Gasteiger partial charge in [-0.05, 0) is 25.2 Å². The van der Waals surface area contributed by atoms with E-state index >= 15 is 0 Å². The molecule has 1 heterocycles. The molecule has 0 spiro atoms. The third-order valence-electron chi connectivity index (χ3n) is 4.58. The SMILES string of the molecule is CC(C)/C=[N+]1/[C@@H]2[C@H]3CC[C@H](C3)[C@@H]2C(=O)N1C. The summed E-state index contributed by atoms with van der Waals surface area (Å²) in [6, 6.07) is 0.485. The highest BCUT2D eigenvalue weighted by Crippen LogP contribution is 2.52. The van der Waals surface area contributed by atoms with E-state index < -0.39 is 0 Å². The molecule has 88 valence electrons. The van der Waals surface area contributed by atoms with Crippen molar-refractivity contribution in [1.29, 1.82) is 0 Å². The zero-order chi connectivity index (χ0) is 11.4. The van der Waals surface area contributed by atoms with Crippen LogP contribution in [-0.4, -0.2) is 34.9 Å². The van der Waals surface area contributed by atoms with Crippen LogP contribution in [-0.2, 0) is 4.79 Å². The standard InChI is InChI=1S/C13H21N2O/c1-8(2)7-15-12-10-5-4-9(6-10)11(12)13(16)14(15)3/h7-12H,4-6H2,1-3H3/q+1/b15-7-/t9-,10+,11+,12-/m1/s1. The van der Waals surface area contributed by atoms with Gasteiger partial charge < -0.3 is 0 Å². The lowest BCUT2D eigenvalue weighted by atomic mass is 9.85. The highest BCUT2D eigenvalue weighted by molar-refractivity contribution is 5.81. The molecule has 0 aromatic carbocycles. The van der Waals surface area contributed by atoms with Crippen molar-refractivity contribution in [3.63, 3.8) is 0 Å².